The predicted molar refractivity (Wildman–Crippen MR) is 111 cm³/mol. The Morgan fingerprint density at radius 2 is 1.82 bits per heavy atom. The van der Waals surface area contributed by atoms with Gasteiger partial charge in [0.15, 0.2) is 0 Å². The van der Waals surface area contributed by atoms with Crippen LogP contribution < -0.4 is 15.6 Å². The zero-order chi connectivity index (χ0) is 19.3. The maximum atomic E-state index is 12.9. The number of aromatic nitrogens is 2. The van der Waals surface area contributed by atoms with Crippen LogP contribution in [-0.2, 0) is 0 Å². The van der Waals surface area contributed by atoms with Crippen LogP contribution in [-0.4, -0.2) is 53.8 Å². The van der Waals surface area contributed by atoms with Gasteiger partial charge in [0.2, 0.25) is 0 Å². The molecule has 146 valence electrons. The molecule has 1 fully saturated rings. The summed E-state index contributed by atoms with van der Waals surface area (Å²) in [7, 11) is 0. The van der Waals surface area contributed by atoms with Gasteiger partial charge >= 0.3 is 0 Å². The molecule has 0 radical (unpaired) electrons. The molecule has 1 aliphatic heterocycles. The van der Waals surface area contributed by atoms with Crippen molar-refractivity contribution in [3.8, 4) is 11.4 Å². The second-order valence-corrected chi connectivity index (χ2v) is 7.10. The van der Waals surface area contributed by atoms with Crippen molar-refractivity contribution in [1.29, 1.82) is 0 Å². The van der Waals surface area contributed by atoms with Gasteiger partial charge in [0.1, 0.15) is 11.6 Å². The number of aryl methyl sites for hydroxylation is 1. The molecule has 0 saturated carbocycles. The first-order valence-electron chi connectivity index (χ1n) is 9.87. The second kappa shape index (κ2) is 8.54. The van der Waals surface area contributed by atoms with Gasteiger partial charge in [-0.25, -0.2) is 4.98 Å². The van der Waals surface area contributed by atoms with Crippen molar-refractivity contribution in [2.45, 2.75) is 13.3 Å². The maximum Gasteiger partial charge on any atom is 0.265 e. The molecule has 2 heterocycles. The molecule has 4 rings (SSSR count). The molecule has 0 spiro atoms. The van der Waals surface area contributed by atoms with Gasteiger partial charge in [-0.2, -0.15) is 0 Å². The number of hydrogen-bond donors (Lipinski definition) is 1. The standard InChI is InChI=1S/C22H26N4O2/c1-17-24-21-6-3-2-5-20(21)22(27)26(17)18-7-9-19(10-8-18)28-16-4-13-25-14-11-23-12-15-25/h2-3,5-10,23H,4,11-16H2,1H3. The van der Waals surface area contributed by atoms with E-state index < -0.39 is 0 Å². The van der Waals surface area contributed by atoms with Gasteiger partial charge in [-0.15, -0.1) is 0 Å². The van der Waals surface area contributed by atoms with E-state index in [0.29, 0.717) is 17.8 Å². The first kappa shape index (κ1) is 18.7. The number of benzene rings is 2. The quantitative estimate of drug-likeness (QED) is 0.668. The minimum absolute atomic E-state index is 0.0483. The number of para-hydroxylation sites is 1. The monoisotopic (exact) mass is 378 g/mol. The Morgan fingerprint density at radius 1 is 1.07 bits per heavy atom. The van der Waals surface area contributed by atoms with Crippen LogP contribution in [0.3, 0.4) is 0 Å². The average Bonchev–Trinajstić information content (AvgIpc) is 2.73. The van der Waals surface area contributed by atoms with Gasteiger partial charge in [-0.05, 0) is 49.7 Å². The van der Waals surface area contributed by atoms with E-state index in [4.69, 9.17) is 4.74 Å². The fraction of sp³-hybridized carbons (Fsp3) is 0.364. The predicted octanol–water partition coefficient (Wildman–Crippen LogP) is 2.37. The molecule has 1 aliphatic rings. The molecule has 1 N–H and O–H groups in total. The van der Waals surface area contributed by atoms with Crippen LogP contribution in [0.2, 0.25) is 0 Å². The highest BCUT2D eigenvalue weighted by Gasteiger charge is 2.10. The summed E-state index contributed by atoms with van der Waals surface area (Å²) in [4.78, 5) is 19.9. The molecule has 0 bridgehead atoms. The summed E-state index contributed by atoms with van der Waals surface area (Å²) < 4.78 is 7.52. The average molecular weight is 378 g/mol. The van der Waals surface area contributed by atoms with E-state index in [0.717, 1.165) is 56.1 Å². The summed E-state index contributed by atoms with van der Waals surface area (Å²) >= 11 is 0. The fourth-order valence-corrected chi connectivity index (χ4v) is 3.65. The zero-order valence-electron chi connectivity index (χ0n) is 16.2. The van der Waals surface area contributed by atoms with Gasteiger partial charge in [0, 0.05) is 32.7 Å². The second-order valence-electron chi connectivity index (χ2n) is 7.10. The molecule has 0 atom stereocenters. The van der Waals surface area contributed by atoms with Crippen molar-refractivity contribution < 1.29 is 4.74 Å². The lowest BCUT2D eigenvalue weighted by Gasteiger charge is -2.26. The summed E-state index contributed by atoms with van der Waals surface area (Å²) in [5.74, 6) is 1.50. The van der Waals surface area contributed by atoms with Gasteiger partial charge in [0.05, 0.1) is 23.2 Å². The Balaban J connectivity index is 1.42. The Labute approximate surface area is 164 Å². The zero-order valence-corrected chi connectivity index (χ0v) is 16.2. The molecule has 0 amide bonds. The Morgan fingerprint density at radius 3 is 2.61 bits per heavy atom. The number of fused-ring (bicyclic) bond motifs is 1. The van der Waals surface area contributed by atoms with E-state index in [-0.39, 0.29) is 5.56 Å². The summed E-state index contributed by atoms with van der Waals surface area (Å²) in [6.07, 6.45) is 1.01. The van der Waals surface area contributed by atoms with Crippen LogP contribution >= 0.6 is 0 Å². The van der Waals surface area contributed by atoms with Crippen molar-refractivity contribution in [2.75, 3.05) is 39.3 Å². The fourth-order valence-electron chi connectivity index (χ4n) is 3.65. The van der Waals surface area contributed by atoms with Crippen LogP contribution in [0.25, 0.3) is 16.6 Å². The van der Waals surface area contributed by atoms with E-state index >= 15 is 0 Å². The van der Waals surface area contributed by atoms with Crippen LogP contribution in [0.5, 0.6) is 5.75 Å². The molecular formula is C22H26N4O2. The van der Waals surface area contributed by atoms with Crippen LogP contribution in [0.4, 0.5) is 0 Å². The molecule has 1 saturated heterocycles. The Kier molecular flexibility index (Phi) is 5.69. The van der Waals surface area contributed by atoms with Gasteiger partial charge in [-0.3, -0.25) is 9.36 Å². The summed E-state index contributed by atoms with van der Waals surface area (Å²) in [6.45, 7) is 7.99. The molecule has 2 aromatic carbocycles. The van der Waals surface area contributed by atoms with Gasteiger partial charge in [-0.1, -0.05) is 12.1 Å². The first-order chi connectivity index (χ1) is 13.7. The van der Waals surface area contributed by atoms with Crippen molar-refractivity contribution >= 4 is 10.9 Å². The third-order valence-electron chi connectivity index (χ3n) is 5.14. The lowest BCUT2D eigenvalue weighted by atomic mass is 10.2. The third kappa shape index (κ3) is 4.08. The lowest BCUT2D eigenvalue weighted by Crippen LogP contribution is -2.43. The minimum Gasteiger partial charge on any atom is -0.494 e. The van der Waals surface area contributed by atoms with E-state index in [9.17, 15) is 4.79 Å². The molecular weight excluding hydrogens is 352 g/mol. The van der Waals surface area contributed by atoms with E-state index in [1.165, 1.54) is 0 Å². The van der Waals surface area contributed by atoms with Crippen molar-refractivity contribution in [2.24, 2.45) is 0 Å². The highest BCUT2D eigenvalue weighted by molar-refractivity contribution is 5.77. The van der Waals surface area contributed by atoms with Crippen molar-refractivity contribution in [3.63, 3.8) is 0 Å². The maximum absolute atomic E-state index is 12.9. The molecule has 6 heteroatoms. The SMILES string of the molecule is Cc1nc2ccccc2c(=O)n1-c1ccc(OCCCN2CCNCC2)cc1. The Bertz CT molecular complexity index is 992. The largest absolute Gasteiger partial charge is 0.494 e. The highest BCUT2D eigenvalue weighted by atomic mass is 16.5. The molecule has 3 aromatic rings. The number of ether oxygens (including phenoxy) is 1. The van der Waals surface area contributed by atoms with E-state index in [2.05, 4.69) is 15.2 Å². The van der Waals surface area contributed by atoms with Crippen LogP contribution in [0.1, 0.15) is 12.2 Å². The first-order valence-corrected chi connectivity index (χ1v) is 9.87. The van der Waals surface area contributed by atoms with Gasteiger partial charge < -0.3 is 15.0 Å². The van der Waals surface area contributed by atoms with E-state index in [1.54, 1.807) is 4.57 Å². The van der Waals surface area contributed by atoms with E-state index in [1.807, 2.05) is 55.5 Å². The molecule has 0 unspecified atom stereocenters. The lowest BCUT2D eigenvalue weighted by molar-refractivity contribution is 0.214. The van der Waals surface area contributed by atoms with Crippen molar-refractivity contribution in [1.82, 2.24) is 19.8 Å². The van der Waals surface area contributed by atoms with Crippen LogP contribution in [0.15, 0.2) is 53.3 Å². The summed E-state index contributed by atoms with van der Waals surface area (Å²) in [5, 5.41) is 3.99. The molecule has 0 aliphatic carbocycles. The number of nitrogens with zero attached hydrogens (tertiary/aromatic N) is 3. The number of rotatable bonds is 6. The molecule has 28 heavy (non-hydrogen) atoms. The minimum atomic E-state index is -0.0483. The van der Waals surface area contributed by atoms with Gasteiger partial charge in [0.25, 0.3) is 5.56 Å². The van der Waals surface area contributed by atoms with Crippen molar-refractivity contribution in [3.05, 3.63) is 64.7 Å². The normalized spacial score (nSPS) is 15.0. The summed E-state index contributed by atoms with van der Waals surface area (Å²) in [5.41, 5.74) is 1.48. The number of hydrogen-bond acceptors (Lipinski definition) is 5. The summed E-state index contributed by atoms with van der Waals surface area (Å²) in [6, 6.07) is 15.1. The number of nitrogens with one attached hydrogen (secondary N) is 1. The smallest absolute Gasteiger partial charge is 0.265 e. The number of piperazine rings is 1. The topological polar surface area (TPSA) is 59.4 Å². The third-order valence-corrected chi connectivity index (χ3v) is 5.14. The Hall–Kier alpha value is -2.70. The molecule has 1 aromatic heterocycles. The highest BCUT2D eigenvalue weighted by Crippen LogP contribution is 2.17. The van der Waals surface area contributed by atoms with Crippen LogP contribution in [0, 0.1) is 6.92 Å². The molecule has 6 nitrogen and oxygen atoms in total.